The van der Waals surface area contributed by atoms with E-state index in [0.717, 1.165) is 19.3 Å². The average Bonchev–Trinajstić information content (AvgIpc) is 2.24. The predicted molar refractivity (Wildman–Crippen MR) is 54.6 cm³/mol. The van der Waals surface area contributed by atoms with Gasteiger partial charge in [-0.05, 0) is 19.3 Å². The van der Waals surface area contributed by atoms with Crippen LogP contribution in [0.2, 0.25) is 0 Å². The van der Waals surface area contributed by atoms with E-state index in [0.29, 0.717) is 26.3 Å². The Morgan fingerprint density at radius 1 is 1.40 bits per heavy atom. The number of aliphatic hydroxyl groups is 1. The summed E-state index contributed by atoms with van der Waals surface area (Å²) in [6, 6.07) is -0.0629. The number of aliphatic hydroxyl groups excluding tert-OH is 1. The van der Waals surface area contributed by atoms with Gasteiger partial charge >= 0.3 is 6.03 Å². The molecule has 15 heavy (non-hydrogen) atoms. The molecule has 1 saturated heterocycles. The van der Waals surface area contributed by atoms with Crippen molar-refractivity contribution >= 4 is 6.03 Å². The molecule has 1 aliphatic carbocycles. The molecule has 2 amide bonds. The minimum atomic E-state index is -0.338. The lowest BCUT2D eigenvalue weighted by molar-refractivity contribution is 0.0418. The number of nitrogens with one attached hydrogen (secondary N) is 1. The fourth-order valence-corrected chi connectivity index (χ4v) is 2.00. The third-order valence-electron chi connectivity index (χ3n) is 3.28. The van der Waals surface area contributed by atoms with Gasteiger partial charge in [-0.3, -0.25) is 0 Å². The fourth-order valence-electron chi connectivity index (χ4n) is 2.00. The maximum absolute atomic E-state index is 11.8. The Labute approximate surface area is 89.4 Å². The molecule has 5 heteroatoms. The topological polar surface area (TPSA) is 61.8 Å². The standard InChI is InChI=1S/C10H18N2O3/c13-8-10(2-1-3-10)11-9(14)12-4-6-15-7-5-12/h13H,1-8H2,(H,11,14). The second kappa shape index (κ2) is 4.37. The minimum absolute atomic E-state index is 0.0447. The van der Waals surface area contributed by atoms with Crippen molar-refractivity contribution in [3.63, 3.8) is 0 Å². The summed E-state index contributed by atoms with van der Waals surface area (Å²) in [6.07, 6.45) is 2.86. The summed E-state index contributed by atoms with van der Waals surface area (Å²) in [5.74, 6) is 0. The molecule has 0 bridgehead atoms. The largest absolute Gasteiger partial charge is 0.394 e. The van der Waals surface area contributed by atoms with Gasteiger partial charge in [0.2, 0.25) is 0 Å². The number of morpholine rings is 1. The van der Waals surface area contributed by atoms with E-state index in [2.05, 4.69) is 5.32 Å². The van der Waals surface area contributed by atoms with Crippen LogP contribution in [0.4, 0.5) is 4.79 Å². The van der Waals surface area contributed by atoms with Gasteiger partial charge in [0.25, 0.3) is 0 Å². The average molecular weight is 214 g/mol. The van der Waals surface area contributed by atoms with Gasteiger partial charge < -0.3 is 20.1 Å². The van der Waals surface area contributed by atoms with Crippen LogP contribution >= 0.6 is 0 Å². The molecule has 0 aromatic rings. The lowest BCUT2D eigenvalue weighted by atomic mass is 9.77. The van der Waals surface area contributed by atoms with Crippen LogP contribution in [0.25, 0.3) is 0 Å². The monoisotopic (exact) mass is 214 g/mol. The zero-order chi connectivity index (χ0) is 10.7. The third kappa shape index (κ3) is 2.23. The summed E-state index contributed by atoms with van der Waals surface area (Å²) in [6.45, 7) is 2.56. The molecule has 0 radical (unpaired) electrons. The van der Waals surface area contributed by atoms with E-state index in [1.807, 2.05) is 0 Å². The molecule has 0 aromatic carbocycles. The maximum atomic E-state index is 11.8. The number of hydrogen-bond acceptors (Lipinski definition) is 3. The first-order chi connectivity index (χ1) is 7.26. The summed E-state index contributed by atoms with van der Waals surface area (Å²) in [5.41, 5.74) is -0.338. The Morgan fingerprint density at radius 3 is 2.53 bits per heavy atom. The predicted octanol–water partition coefficient (Wildman–Crippen LogP) is -0.0568. The minimum Gasteiger partial charge on any atom is -0.394 e. The van der Waals surface area contributed by atoms with Crippen molar-refractivity contribution in [2.24, 2.45) is 0 Å². The van der Waals surface area contributed by atoms with E-state index in [-0.39, 0.29) is 18.2 Å². The van der Waals surface area contributed by atoms with Crippen molar-refractivity contribution in [3.8, 4) is 0 Å². The van der Waals surface area contributed by atoms with Gasteiger partial charge in [-0.1, -0.05) is 0 Å². The second-order valence-electron chi connectivity index (χ2n) is 4.32. The molecule has 1 heterocycles. The molecular formula is C10H18N2O3. The highest BCUT2D eigenvalue weighted by atomic mass is 16.5. The van der Waals surface area contributed by atoms with E-state index in [1.165, 1.54) is 0 Å². The fraction of sp³-hybridized carbons (Fsp3) is 0.900. The lowest BCUT2D eigenvalue weighted by Gasteiger charge is -2.42. The molecule has 1 saturated carbocycles. The number of nitrogens with zero attached hydrogens (tertiary/aromatic N) is 1. The molecule has 2 rings (SSSR count). The van der Waals surface area contributed by atoms with Crippen LogP contribution in [0.3, 0.4) is 0 Å². The highest BCUT2D eigenvalue weighted by Crippen LogP contribution is 2.31. The molecule has 2 aliphatic rings. The van der Waals surface area contributed by atoms with Gasteiger partial charge in [0.05, 0.1) is 25.4 Å². The molecule has 1 aliphatic heterocycles. The van der Waals surface area contributed by atoms with Gasteiger partial charge in [0.1, 0.15) is 0 Å². The van der Waals surface area contributed by atoms with E-state index < -0.39 is 0 Å². The van der Waals surface area contributed by atoms with Crippen LogP contribution in [0, 0.1) is 0 Å². The smallest absolute Gasteiger partial charge is 0.318 e. The van der Waals surface area contributed by atoms with E-state index in [4.69, 9.17) is 4.74 Å². The third-order valence-corrected chi connectivity index (χ3v) is 3.28. The quantitative estimate of drug-likeness (QED) is 0.677. The van der Waals surface area contributed by atoms with Crippen LogP contribution in [-0.4, -0.2) is 54.5 Å². The number of carbonyl (C=O) groups is 1. The zero-order valence-electron chi connectivity index (χ0n) is 8.87. The molecule has 2 fully saturated rings. The molecule has 0 atom stereocenters. The maximum Gasteiger partial charge on any atom is 0.318 e. The Bertz CT molecular complexity index is 229. The molecule has 86 valence electrons. The van der Waals surface area contributed by atoms with Crippen LogP contribution in [0.15, 0.2) is 0 Å². The van der Waals surface area contributed by atoms with Crippen LogP contribution < -0.4 is 5.32 Å². The Hall–Kier alpha value is -0.810. The number of rotatable bonds is 2. The first-order valence-corrected chi connectivity index (χ1v) is 5.51. The van der Waals surface area contributed by atoms with Gasteiger partial charge in [-0.25, -0.2) is 4.79 Å². The molecule has 5 nitrogen and oxygen atoms in total. The SMILES string of the molecule is O=C(NC1(CO)CCC1)N1CCOCC1. The number of ether oxygens (including phenoxy) is 1. The molecule has 0 spiro atoms. The summed E-state index contributed by atoms with van der Waals surface area (Å²) in [5, 5.41) is 12.2. The second-order valence-corrected chi connectivity index (χ2v) is 4.32. The van der Waals surface area contributed by atoms with Crippen molar-refractivity contribution in [2.45, 2.75) is 24.8 Å². The molecule has 0 unspecified atom stereocenters. The first-order valence-electron chi connectivity index (χ1n) is 5.51. The number of hydrogen-bond donors (Lipinski definition) is 2. The highest BCUT2D eigenvalue weighted by molar-refractivity contribution is 5.75. The van der Waals surface area contributed by atoms with Crippen molar-refractivity contribution < 1.29 is 14.6 Å². The van der Waals surface area contributed by atoms with Crippen LogP contribution in [0.1, 0.15) is 19.3 Å². The lowest BCUT2D eigenvalue weighted by Crippen LogP contribution is -2.60. The van der Waals surface area contributed by atoms with Crippen molar-refractivity contribution in [1.29, 1.82) is 0 Å². The van der Waals surface area contributed by atoms with Gasteiger partial charge in [-0.2, -0.15) is 0 Å². The first kappa shape index (κ1) is 10.7. The number of amides is 2. The van der Waals surface area contributed by atoms with Crippen molar-refractivity contribution in [1.82, 2.24) is 10.2 Å². The molecule has 2 N–H and O–H groups in total. The van der Waals surface area contributed by atoms with Crippen LogP contribution in [0.5, 0.6) is 0 Å². The summed E-state index contributed by atoms with van der Waals surface area (Å²) >= 11 is 0. The van der Waals surface area contributed by atoms with E-state index >= 15 is 0 Å². The van der Waals surface area contributed by atoms with Crippen LogP contribution in [-0.2, 0) is 4.74 Å². The highest BCUT2D eigenvalue weighted by Gasteiger charge is 2.38. The normalized spacial score (nSPS) is 24.5. The molecular weight excluding hydrogens is 196 g/mol. The Balaban J connectivity index is 1.85. The van der Waals surface area contributed by atoms with Gasteiger partial charge in [0.15, 0.2) is 0 Å². The van der Waals surface area contributed by atoms with E-state index in [9.17, 15) is 9.90 Å². The summed E-state index contributed by atoms with van der Waals surface area (Å²) in [7, 11) is 0. The van der Waals surface area contributed by atoms with Crippen molar-refractivity contribution in [3.05, 3.63) is 0 Å². The zero-order valence-corrected chi connectivity index (χ0v) is 8.87. The Kier molecular flexibility index (Phi) is 3.11. The number of carbonyl (C=O) groups excluding carboxylic acids is 1. The summed E-state index contributed by atoms with van der Waals surface area (Å²) in [4.78, 5) is 13.6. The van der Waals surface area contributed by atoms with E-state index in [1.54, 1.807) is 4.90 Å². The Morgan fingerprint density at radius 2 is 2.07 bits per heavy atom. The molecule has 0 aromatic heterocycles. The van der Waals surface area contributed by atoms with Gasteiger partial charge in [0, 0.05) is 13.1 Å². The van der Waals surface area contributed by atoms with Crippen molar-refractivity contribution in [2.75, 3.05) is 32.9 Å². The van der Waals surface area contributed by atoms with Gasteiger partial charge in [-0.15, -0.1) is 0 Å². The summed E-state index contributed by atoms with van der Waals surface area (Å²) < 4.78 is 5.18. The number of urea groups is 1.